The predicted octanol–water partition coefficient (Wildman–Crippen LogP) is 3.01. The highest BCUT2D eigenvalue weighted by atomic mass is 32.2. The maximum absolute atomic E-state index is 14.2. The molecule has 1 aliphatic heterocycles. The van der Waals surface area contributed by atoms with Gasteiger partial charge in [0.15, 0.2) is 12.0 Å². The van der Waals surface area contributed by atoms with Gasteiger partial charge < -0.3 is 0 Å². The minimum Gasteiger partial charge on any atom is -0.239 e. The normalized spacial score (nSPS) is 28.8. The molecule has 134 valence electrons. The molecule has 0 bridgehead atoms. The Hall–Kier alpha value is -1.97. The van der Waals surface area contributed by atoms with Crippen LogP contribution >= 0.6 is 0 Å². The molecule has 2 heterocycles. The summed E-state index contributed by atoms with van der Waals surface area (Å²) in [5.74, 6) is -2.06. The Balaban J connectivity index is 1.68. The number of alkyl halides is 4. The maximum Gasteiger partial charge on any atom is 0.393 e. The SMILES string of the molecule is O=S(=O)(c1nc2n(n1)[C@H](c1ccccc1)C[C@@H]2F)C1CC1C(F)(F)F. The molecule has 1 aliphatic carbocycles. The number of hydrogen-bond acceptors (Lipinski definition) is 4. The minimum absolute atomic E-state index is 0.0638. The summed E-state index contributed by atoms with van der Waals surface area (Å²) < 4.78 is 78.1. The third-order valence-corrected chi connectivity index (χ3v) is 6.63. The Morgan fingerprint density at radius 3 is 2.40 bits per heavy atom. The lowest BCUT2D eigenvalue weighted by Gasteiger charge is -2.11. The van der Waals surface area contributed by atoms with Gasteiger partial charge in [-0.3, -0.25) is 0 Å². The lowest BCUT2D eigenvalue weighted by atomic mass is 10.0. The first-order chi connectivity index (χ1) is 11.7. The third kappa shape index (κ3) is 2.62. The summed E-state index contributed by atoms with van der Waals surface area (Å²) >= 11 is 0. The lowest BCUT2D eigenvalue weighted by molar-refractivity contribution is -0.146. The molecule has 0 N–H and O–H groups in total. The van der Waals surface area contributed by atoms with E-state index in [1.54, 1.807) is 30.3 Å². The second kappa shape index (κ2) is 5.26. The van der Waals surface area contributed by atoms with Gasteiger partial charge in [-0.2, -0.15) is 18.2 Å². The Morgan fingerprint density at radius 2 is 1.80 bits per heavy atom. The summed E-state index contributed by atoms with van der Waals surface area (Å²) in [6.07, 6.45) is -6.53. The number of rotatable bonds is 3. The third-order valence-electron chi connectivity index (χ3n) is 4.63. The van der Waals surface area contributed by atoms with Gasteiger partial charge in [0, 0.05) is 6.42 Å². The van der Waals surface area contributed by atoms with Gasteiger partial charge in [-0.05, 0) is 12.0 Å². The van der Waals surface area contributed by atoms with Gasteiger partial charge in [-0.1, -0.05) is 30.3 Å². The van der Waals surface area contributed by atoms with Crippen LogP contribution in [0.25, 0.3) is 0 Å². The predicted molar refractivity (Wildman–Crippen MR) is 78.2 cm³/mol. The van der Waals surface area contributed by atoms with Crippen LogP contribution in [0.1, 0.15) is 36.4 Å². The lowest BCUT2D eigenvalue weighted by Crippen LogP contribution is -2.20. The molecule has 1 aromatic carbocycles. The Bertz CT molecular complexity index is 911. The van der Waals surface area contributed by atoms with Crippen molar-refractivity contribution >= 4 is 9.84 Å². The zero-order valence-corrected chi connectivity index (χ0v) is 13.5. The van der Waals surface area contributed by atoms with Gasteiger partial charge in [-0.25, -0.2) is 17.5 Å². The van der Waals surface area contributed by atoms with Crippen molar-refractivity contribution in [1.29, 1.82) is 0 Å². The summed E-state index contributed by atoms with van der Waals surface area (Å²) in [5, 5.41) is 1.56. The highest BCUT2D eigenvalue weighted by Gasteiger charge is 2.62. The van der Waals surface area contributed by atoms with Crippen molar-refractivity contribution < 1.29 is 26.0 Å². The smallest absolute Gasteiger partial charge is 0.239 e. The Morgan fingerprint density at radius 1 is 1.12 bits per heavy atom. The number of benzene rings is 1. The van der Waals surface area contributed by atoms with Crippen LogP contribution in [-0.2, 0) is 9.84 Å². The van der Waals surface area contributed by atoms with E-state index in [4.69, 9.17) is 0 Å². The average Bonchev–Trinajstić information content (AvgIpc) is 3.18. The van der Waals surface area contributed by atoms with E-state index in [0.29, 0.717) is 0 Å². The van der Waals surface area contributed by atoms with E-state index < -0.39 is 51.0 Å². The maximum atomic E-state index is 14.2. The van der Waals surface area contributed by atoms with Gasteiger partial charge in [0.1, 0.15) is 0 Å². The second-order valence-corrected chi connectivity index (χ2v) is 8.35. The fourth-order valence-electron chi connectivity index (χ4n) is 3.23. The number of hydrogen-bond donors (Lipinski definition) is 0. The number of fused-ring (bicyclic) bond motifs is 1. The van der Waals surface area contributed by atoms with Crippen molar-refractivity contribution in [2.45, 2.75) is 41.6 Å². The van der Waals surface area contributed by atoms with Crippen LogP contribution in [0.4, 0.5) is 17.6 Å². The fourth-order valence-corrected chi connectivity index (χ4v) is 4.97. The van der Waals surface area contributed by atoms with E-state index >= 15 is 0 Å². The molecule has 25 heavy (non-hydrogen) atoms. The molecule has 5 nitrogen and oxygen atoms in total. The van der Waals surface area contributed by atoms with Crippen LogP contribution in [-0.4, -0.2) is 34.6 Å². The quantitative estimate of drug-likeness (QED) is 0.774. The van der Waals surface area contributed by atoms with Crippen LogP contribution in [0, 0.1) is 5.92 Å². The van der Waals surface area contributed by atoms with E-state index in [9.17, 15) is 26.0 Å². The monoisotopic (exact) mass is 375 g/mol. The second-order valence-electron chi connectivity index (χ2n) is 6.29. The molecule has 0 saturated heterocycles. The summed E-state index contributed by atoms with van der Waals surface area (Å²) in [6, 6.07) is 8.28. The number of halogens is 4. The van der Waals surface area contributed by atoms with E-state index in [1.165, 1.54) is 4.68 Å². The van der Waals surface area contributed by atoms with E-state index in [2.05, 4.69) is 10.1 Å². The molecule has 4 atom stereocenters. The van der Waals surface area contributed by atoms with Gasteiger partial charge in [0.25, 0.3) is 5.16 Å². The minimum atomic E-state index is -4.57. The number of sulfone groups is 1. The van der Waals surface area contributed by atoms with Crippen LogP contribution in [0.5, 0.6) is 0 Å². The molecule has 4 rings (SSSR count). The van der Waals surface area contributed by atoms with Crippen molar-refractivity contribution in [2.75, 3.05) is 0 Å². The van der Waals surface area contributed by atoms with Crippen molar-refractivity contribution in [3.63, 3.8) is 0 Å². The van der Waals surface area contributed by atoms with Gasteiger partial charge in [-0.15, -0.1) is 5.10 Å². The first kappa shape index (κ1) is 16.5. The van der Waals surface area contributed by atoms with Crippen LogP contribution < -0.4 is 0 Å². The number of nitrogens with zero attached hydrogens (tertiary/aromatic N) is 3. The Labute approximate surface area is 140 Å². The van der Waals surface area contributed by atoms with Crippen molar-refractivity contribution in [1.82, 2.24) is 14.8 Å². The molecule has 0 radical (unpaired) electrons. The van der Waals surface area contributed by atoms with Crippen molar-refractivity contribution in [2.24, 2.45) is 5.92 Å². The molecule has 0 amide bonds. The molecule has 2 aromatic rings. The highest BCUT2D eigenvalue weighted by Crippen LogP contribution is 2.50. The van der Waals surface area contributed by atoms with E-state index in [-0.39, 0.29) is 12.2 Å². The van der Waals surface area contributed by atoms with Crippen molar-refractivity contribution in [3.8, 4) is 0 Å². The van der Waals surface area contributed by atoms with Crippen molar-refractivity contribution in [3.05, 3.63) is 41.7 Å². The Kier molecular flexibility index (Phi) is 3.47. The summed E-state index contributed by atoms with van der Waals surface area (Å²) in [4.78, 5) is 3.72. The largest absolute Gasteiger partial charge is 0.393 e. The van der Waals surface area contributed by atoms with Crippen LogP contribution in [0.3, 0.4) is 0 Å². The first-order valence-electron chi connectivity index (χ1n) is 7.65. The molecule has 10 heteroatoms. The molecular weight excluding hydrogens is 362 g/mol. The van der Waals surface area contributed by atoms with E-state index in [1.807, 2.05) is 0 Å². The zero-order chi connectivity index (χ0) is 18.0. The molecule has 0 spiro atoms. The molecule has 1 saturated carbocycles. The molecule has 2 unspecified atom stereocenters. The highest BCUT2D eigenvalue weighted by molar-refractivity contribution is 7.92. The topological polar surface area (TPSA) is 64.8 Å². The van der Waals surface area contributed by atoms with Crippen LogP contribution in [0.15, 0.2) is 35.5 Å². The zero-order valence-electron chi connectivity index (χ0n) is 12.7. The van der Waals surface area contributed by atoms with Gasteiger partial charge >= 0.3 is 6.18 Å². The standard InChI is InChI=1S/C15H13F4N3O2S/c16-10-7-11(8-4-2-1-3-5-8)22-13(10)20-14(21-22)25(23,24)12-6-9(12)15(17,18)19/h1-5,9-12H,6-7H2/t9?,10-,11-,12?/m0/s1. The molecule has 1 aromatic heterocycles. The van der Waals surface area contributed by atoms with Gasteiger partial charge in [0.2, 0.25) is 9.84 Å². The first-order valence-corrected chi connectivity index (χ1v) is 9.20. The number of aromatic nitrogens is 3. The summed E-state index contributed by atoms with van der Waals surface area (Å²) in [5.41, 5.74) is 0.734. The fraction of sp³-hybridized carbons (Fsp3) is 0.467. The molecule has 2 aliphatic rings. The van der Waals surface area contributed by atoms with Gasteiger partial charge in [0.05, 0.1) is 17.2 Å². The summed E-state index contributed by atoms with van der Waals surface area (Å²) in [6.45, 7) is 0. The molecular formula is C15H13F4N3O2S. The average molecular weight is 375 g/mol. The van der Waals surface area contributed by atoms with Crippen LogP contribution in [0.2, 0.25) is 0 Å². The van der Waals surface area contributed by atoms with E-state index in [0.717, 1.165) is 5.56 Å². The summed E-state index contributed by atoms with van der Waals surface area (Å²) in [7, 11) is -4.33. The molecule has 1 fully saturated rings.